The molecule has 0 aromatic heterocycles. The third-order valence-electron chi connectivity index (χ3n) is 3.53. The van der Waals surface area contributed by atoms with Gasteiger partial charge in [-0.3, -0.25) is 0 Å². The van der Waals surface area contributed by atoms with Crippen LogP contribution in [0.5, 0.6) is 5.75 Å². The zero-order chi connectivity index (χ0) is 12.8. The Kier molecular flexibility index (Phi) is 4.88. The van der Waals surface area contributed by atoms with Gasteiger partial charge >= 0.3 is 0 Å². The van der Waals surface area contributed by atoms with E-state index in [0.717, 1.165) is 17.4 Å². The van der Waals surface area contributed by atoms with E-state index in [4.69, 9.17) is 15.2 Å². The molecule has 3 heteroatoms. The van der Waals surface area contributed by atoms with Crippen molar-refractivity contribution in [3.05, 3.63) is 24.3 Å². The first-order valence-electron chi connectivity index (χ1n) is 6.84. The highest BCUT2D eigenvalue weighted by molar-refractivity contribution is 5.43. The summed E-state index contributed by atoms with van der Waals surface area (Å²) in [5, 5.41) is 0. The van der Waals surface area contributed by atoms with Crippen LogP contribution in [0.15, 0.2) is 24.3 Å². The second kappa shape index (κ2) is 6.64. The highest BCUT2D eigenvalue weighted by atomic mass is 16.5. The number of benzene rings is 1. The van der Waals surface area contributed by atoms with Crippen LogP contribution in [-0.4, -0.2) is 19.3 Å². The highest BCUT2D eigenvalue weighted by Crippen LogP contribution is 2.25. The van der Waals surface area contributed by atoms with Gasteiger partial charge in [-0.2, -0.15) is 0 Å². The molecule has 1 aliphatic carbocycles. The van der Waals surface area contributed by atoms with Gasteiger partial charge in [0, 0.05) is 11.8 Å². The number of anilines is 1. The molecule has 0 heterocycles. The first-order chi connectivity index (χ1) is 8.74. The lowest BCUT2D eigenvalue weighted by Crippen LogP contribution is -2.22. The van der Waals surface area contributed by atoms with E-state index in [1.807, 2.05) is 24.3 Å². The smallest absolute Gasteiger partial charge is 0.121 e. The first kappa shape index (κ1) is 13.2. The lowest BCUT2D eigenvalue weighted by molar-refractivity contribution is 0.00571. The van der Waals surface area contributed by atoms with Crippen molar-refractivity contribution in [1.29, 1.82) is 0 Å². The fourth-order valence-electron chi connectivity index (χ4n) is 2.37. The Hall–Kier alpha value is -1.22. The summed E-state index contributed by atoms with van der Waals surface area (Å²) in [5.41, 5.74) is 6.41. The number of nitrogen functional groups attached to an aromatic ring is 1. The summed E-state index contributed by atoms with van der Waals surface area (Å²) < 4.78 is 11.4. The van der Waals surface area contributed by atoms with Gasteiger partial charge in [0.05, 0.1) is 12.7 Å². The largest absolute Gasteiger partial charge is 0.491 e. The summed E-state index contributed by atoms with van der Waals surface area (Å²) in [6.07, 6.45) is 5.41. The minimum atomic E-state index is 0.436. The number of hydrogen-bond donors (Lipinski definition) is 1. The summed E-state index contributed by atoms with van der Waals surface area (Å²) in [4.78, 5) is 0. The van der Waals surface area contributed by atoms with Crippen molar-refractivity contribution < 1.29 is 9.47 Å². The Morgan fingerprint density at radius 3 is 2.67 bits per heavy atom. The van der Waals surface area contributed by atoms with Gasteiger partial charge in [-0.25, -0.2) is 0 Å². The predicted molar refractivity (Wildman–Crippen MR) is 73.7 cm³/mol. The number of rotatable bonds is 5. The monoisotopic (exact) mass is 249 g/mol. The molecule has 1 fully saturated rings. The van der Waals surface area contributed by atoms with Gasteiger partial charge < -0.3 is 15.2 Å². The molecule has 0 bridgehead atoms. The third-order valence-corrected chi connectivity index (χ3v) is 3.53. The SMILES string of the molecule is CC1CCC(OCCOc2cccc(N)c2)CC1. The Bertz CT molecular complexity index is 359. The van der Waals surface area contributed by atoms with Crippen LogP contribution in [-0.2, 0) is 4.74 Å². The van der Waals surface area contributed by atoms with E-state index in [1.165, 1.54) is 25.7 Å². The van der Waals surface area contributed by atoms with Crippen LogP contribution in [0.25, 0.3) is 0 Å². The molecule has 1 aromatic rings. The summed E-state index contributed by atoms with van der Waals surface area (Å²) >= 11 is 0. The molecule has 2 rings (SSSR count). The zero-order valence-electron chi connectivity index (χ0n) is 11.1. The molecular formula is C15H23NO2. The summed E-state index contributed by atoms with van der Waals surface area (Å²) in [6.45, 7) is 3.57. The molecule has 1 aromatic carbocycles. The van der Waals surface area contributed by atoms with E-state index in [-0.39, 0.29) is 0 Å². The standard InChI is InChI=1S/C15H23NO2/c1-12-5-7-14(8-6-12)17-9-10-18-15-4-2-3-13(16)11-15/h2-4,11-12,14H,5-10,16H2,1H3. The molecule has 2 N–H and O–H groups in total. The quantitative estimate of drug-likeness (QED) is 0.643. The Labute approximate surface area is 109 Å². The molecule has 0 aliphatic heterocycles. The number of hydrogen-bond acceptors (Lipinski definition) is 3. The number of ether oxygens (including phenoxy) is 2. The van der Waals surface area contributed by atoms with Gasteiger partial charge in [0.15, 0.2) is 0 Å². The Morgan fingerprint density at radius 1 is 1.17 bits per heavy atom. The van der Waals surface area contributed by atoms with Crippen LogP contribution in [0, 0.1) is 5.92 Å². The van der Waals surface area contributed by atoms with E-state index in [1.54, 1.807) is 0 Å². The van der Waals surface area contributed by atoms with Crippen LogP contribution in [0.1, 0.15) is 32.6 Å². The molecule has 1 aliphatic rings. The van der Waals surface area contributed by atoms with Gasteiger partial charge in [-0.1, -0.05) is 13.0 Å². The molecule has 3 nitrogen and oxygen atoms in total. The maximum atomic E-state index is 5.83. The predicted octanol–water partition coefficient (Wildman–Crippen LogP) is 3.24. The fraction of sp³-hybridized carbons (Fsp3) is 0.600. The molecule has 18 heavy (non-hydrogen) atoms. The molecule has 0 unspecified atom stereocenters. The first-order valence-corrected chi connectivity index (χ1v) is 6.84. The average molecular weight is 249 g/mol. The molecular weight excluding hydrogens is 226 g/mol. The maximum Gasteiger partial charge on any atom is 0.121 e. The fourth-order valence-corrected chi connectivity index (χ4v) is 2.37. The number of nitrogens with two attached hydrogens (primary N) is 1. The molecule has 0 radical (unpaired) electrons. The van der Waals surface area contributed by atoms with Crippen molar-refractivity contribution in [1.82, 2.24) is 0 Å². The van der Waals surface area contributed by atoms with E-state index in [9.17, 15) is 0 Å². The van der Waals surface area contributed by atoms with Crippen molar-refractivity contribution >= 4 is 5.69 Å². The second-order valence-corrected chi connectivity index (χ2v) is 5.17. The summed E-state index contributed by atoms with van der Waals surface area (Å²) in [6, 6.07) is 7.50. The van der Waals surface area contributed by atoms with Crippen LogP contribution < -0.4 is 10.5 Å². The molecule has 0 atom stereocenters. The average Bonchev–Trinajstić information content (AvgIpc) is 2.37. The van der Waals surface area contributed by atoms with Gasteiger partial charge in [-0.05, 0) is 43.7 Å². The zero-order valence-corrected chi connectivity index (χ0v) is 11.1. The summed E-state index contributed by atoms with van der Waals surface area (Å²) in [5.74, 6) is 1.68. The van der Waals surface area contributed by atoms with Crippen molar-refractivity contribution in [2.75, 3.05) is 18.9 Å². The van der Waals surface area contributed by atoms with Crippen molar-refractivity contribution in [2.24, 2.45) is 5.92 Å². The van der Waals surface area contributed by atoms with E-state index < -0.39 is 0 Å². The minimum Gasteiger partial charge on any atom is -0.491 e. The minimum absolute atomic E-state index is 0.436. The van der Waals surface area contributed by atoms with E-state index in [2.05, 4.69) is 6.92 Å². The second-order valence-electron chi connectivity index (χ2n) is 5.17. The molecule has 0 saturated heterocycles. The van der Waals surface area contributed by atoms with Gasteiger partial charge in [0.25, 0.3) is 0 Å². The molecule has 0 spiro atoms. The Balaban J connectivity index is 1.61. The van der Waals surface area contributed by atoms with Crippen LogP contribution in [0.2, 0.25) is 0 Å². The lowest BCUT2D eigenvalue weighted by atomic mass is 9.89. The van der Waals surface area contributed by atoms with Crippen molar-refractivity contribution in [2.45, 2.75) is 38.7 Å². The van der Waals surface area contributed by atoms with Crippen molar-refractivity contribution in [3.8, 4) is 5.75 Å². The maximum absolute atomic E-state index is 5.83. The molecule has 0 amide bonds. The normalized spacial score (nSPS) is 23.8. The van der Waals surface area contributed by atoms with Gasteiger partial charge in [-0.15, -0.1) is 0 Å². The summed E-state index contributed by atoms with van der Waals surface area (Å²) in [7, 11) is 0. The lowest BCUT2D eigenvalue weighted by Gasteiger charge is -2.26. The van der Waals surface area contributed by atoms with Gasteiger partial charge in [0.1, 0.15) is 12.4 Å². The molecule has 1 saturated carbocycles. The topological polar surface area (TPSA) is 44.5 Å². The van der Waals surface area contributed by atoms with Crippen molar-refractivity contribution in [3.63, 3.8) is 0 Å². The van der Waals surface area contributed by atoms with Crippen LogP contribution in [0.4, 0.5) is 5.69 Å². The highest BCUT2D eigenvalue weighted by Gasteiger charge is 2.18. The Morgan fingerprint density at radius 2 is 1.94 bits per heavy atom. The molecule has 100 valence electrons. The van der Waals surface area contributed by atoms with E-state index >= 15 is 0 Å². The van der Waals surface area contributed by atoms with Crippen LogP contribution >= 0.6 is 0 Å². The van der Waals surface area contributed by atoms with Gasteiger partial charge in [0.2, 0.25) is 0 Å². The van der Waals surface area contributed by atoms with E-state index in [0.29, 0.717) is 19.3 Å². The third kappa shape index (κ3) is 4.22. The van der Waals surface area contributed by atoms with Crippen LogP contribution in [0.3, 0.4) is 0 Å².